The first-order valence-corrected chi connectivity index (χ1v) is 21.6. The van der Waals surface area contributed by atoms with Crippen LogP contribution < -0.4 is 11.5 Å². The van der Waals surface area contributed by atoms with Crippen LogP contribution >= 0.6 is 0 Å². The predicted molar refractivity (Wildman–Crippen MR) is 223 cm³/mol. The van der Waals surface area contributed by atoms with E-state index in [-0.39, 0.29) is 80.1 Å². The van der Waals surface area contributed by atoms with Gasteiger partial charge in [0, 0.05) is 29.7 Å². The zero-order valence-electron chi connectivity index (χ0n) is 37.3. The highest BCUT2D eigenvalue weighted by atomic mass is 16.7. The average Bonchev–Trinajstić information content (AvgIpc) is 3.49. The Hall–Kier alpha value is -4.34. The van der Waals surface area contributed by atoms with Crippen LogP contribution in [0, 0.1) is 29.6 Å². The molecule has 6 bridgehead atoms. The van der Waals surface area contributed by atoms with E-state index in [0.29, 0.717) is 17.8 Å². The summed E-state index contributed by atoms with van der Waals surface area (Å²) in [6.45, 7) is 14.3. The van der Waals surface area contributed by atoms with Gasteiger partial charge in [-0.05, 0) is 61.1 Å². The monoisotopic (exact) mass is 869 g/mol. The number of ether oxygens (including phenoxy) is 6. The number of nitrogens with two attached hydrogens (primary N) is 2. The first-order valence-electron chi connectivity index (χ1n) is 21.6. The molecule has 0 aromatic carbocycles. The molecule has 7 heterocycles. The number of fused-ring (bicyclic) bond motifs is 6. The second-order valence-electron chi connectivity index (χ2n) is 18.5. The number of carbonyl (C=O) groups is 3. The average molecular weight is 870 g/mol. The van der Waals surface area contributed by atoms with Crippen LogP contribution in [0.2, 0.25) is 0 Å². The third-order valence-electron chi connectivity index (χ3n) is 13.7. The van der Waals surface area contributed by atoms with Gasteiger partial charge >= 0.3 is 12.1 Å². The quantitative estimate of drug-likeness (QED) is 0.267. The van der Waals surface area contributed by atoms with E-state index in [0.717, 1.165) is 0 Å². The number of anilines is 2. The van der Waals surface area contributed by atoms with E-state index < -0.39 is 89.6 Å². The number of esters is 1. The van der Waals surface area contributed by atoms with Crippen molar-refractivity contribution in [1.29, 1.82) is 0 Å². The van der Waals surface area contributed by atoms with Gasteiger partial charge in [-0.2, -0.15) is 9.97 Å². The largest absolute Gasteiger partial charge is 0.458 e. The Bertz CT molecular complexity index is 2040. The first-order chi connectivity index (χ1) is 29.3. The van der Waals surface area contributed by atoms with Gasteiger partial charge in [-0.3, -0.25) is 14.5 Å². The Kier molecular flexibility index (Phi) is 13.0. The Morgan fingerprint density at radius 1 is 1.05 bits per heavy atom. The van der Waals surface area contributed by atoms with E-state index in [1.54, 1.807) is 20.8 Å². The van der Waals surface area contributed by atoms with E-state index in [1.165, 1.54) is 11.1 Å². The third-order valence-corrected chi connectivity index (χ3v) is 13.7. The second kappa shape index (κ2) is 17.7. The van der Waals surface area contributed by atoms with Crippen LogP contribution in [0.4, 0.5) is 16.6 Å². The lowest BCUT2D eigenvalue weighted by molar-refractivity contribution is -0.302. The molecule has 62 heavy (non-hydrogen) atoms. The molecule has 2 aromatic heterocycles. The summed E-state index contributed by atoms with van der Waals surface area (Å²) < 4.78 is 39.7. The lowest BCUT2D eigenvalue weighted by Gasteiger charge is -2.48. The topological polar surface area (TPSA) is 258 Å². The number of oxime groups is 1. The van der Waals surface area contributed by atoms with Crippen molar-refractivity contribution in [2.75, 3.05) is 45.3 Å². The van der Waals surface area contributed by atoms with Gasteiger partial charge in [0.05, 0.1) is 73.2 Å². The smallest absolute Gasteiger partial charge is 0.411 e. The van der Waals surface area contributed by atoms with Gasteiger partial charge in [-0.25, -0.2) is 14.8 Å². The molecule has 7 rings (SSSR count). The lowest BCUT2D eigenvalue weighted by Crippen LogP contribution is -2.61. The number of ketones is 1. The molecule has 5 saturated heterocycles. The number of carbonyl (C=O) groups excluding carboxylic acids is 3. The molecule has 20 heteroatoms. The second-order valence-corrected chi connectivity index (χ2v) is 18.5. The van der Waals surface area contributed by atoms with Crippen molar-refractivity contribution in [3.05, 3.63) is 11.9 Å². The molecule has 5 aliphatic rings. The summed E-state index contributed by atoms with van der Waals surface area (Å²) in [6, 6.07) is -1.16. The fourth-order valence-corrected chi connectivity index (χ4v) is 10.4. The van der Waals surface area contributed by atoms with Crippen LogP contribution in [0.25, 0.3) is 11.2 Å². The molecular formula is C42H63N9O11. The Labute approximate surface area is 361 Å². The number of likely N-dealkylation sites (N-methyl/N-ethyl adjacent to an activating group) is 1. The Balaban J connectivity index is 1.36. The zero-order valence-corrected chi connectivity index (χ0v) is 37.3. The number of cyclic esters (lactones) is 1. The fourth-order valence-electron chi connectivity index (χ4n) is 10.4. The summed E-state index contributed by atoms with van der Waals surface area (Å²) in [5.74, 6) is -4.27. The van der Waals surface area contributed by atoms with Crippen molar-refractivity contribution in [3.8, 4) is 0 Å². The van der Waals surface area contributed by atoms with Crippen LogP contribution in [0.5, 0.6) is 0 Å². The van der Waals surface area contributed by atoms with Crippen LogP contribution in [0.3, 0.4) is 0 Å². The minimum Gasteiger partial charge on any atom is -0.458 e. The maximum Gasteiger partial charge on any atom is 0.411 e. The molecule has 5 aliphatic heterocycles. The predicted octanol–water partition coefficient (Wildman–Crippen LogP) is 2.49. The standard InChI is InChI=1S/C42H63N9O11/c1-11-28-42(8)33-21(4)30(52)19(2)13-41(7)34(61-38-31(53)27(50(9)10)12-20(3)59-38)22(5)32(23(6)37(54)60-28)56-16-24(17-57-41)26(15-51(33)40(55)62-42)49-58-18-25-14-45-36-29(46-25)35(43)47-39(44)48-36/h14,19-24,27-28,31-34,38,53H,11-13,15-18H2,1-10H3,(H4,43,44,45,47,48)/b49-26-/t19-,20-,21+,22+,23-,24?,27+,28-,31-,32+,33+,34-,38+,41?,42?/m1/s1. The molecule has 5 fully saturated rings. The number of hydrogen-bond donors (Lipinski definition) is 3. The zero-order chi connectivity index (χ0) is 45.0. The number of nitrogens with zero attached hydrogens (tertiary/aromatic N) is 7. The fraction of sp³-hybridized carbons (Fsp3) is 0.762. The lowest BCUT2D eigenvalue weighted by atomic mass is 9.73. The molecule has 2 aromatic rings. The normalized spacial score (nSPS) is 40.1. The minimum atomic E-state index is -1.44. The van der Waals surface area contributed by atoms with Crippen molar-refractivity contribution >= 4 is 46.5 Å². The Morgan fingerprint density at radius 3 is 2.50 bits per heavy atom. The van der Waals surface area contributed by atoms with Crippen molar-refractivity contribution in [2.24, 2.45) is 34.7 Å². The molecule has 0 spiro atoms. The highest BCUT2D eigenvalue weighted by Gasteiger charge is 2.61. The van der Waals surface area contributed by atoms with E-state index in [9.17, 15) is 19.5 Å². The minimum absolute atomic E-state index is 0.0168. The summed E-state index contributed by atoms with van der Waals surface area (Å²) in [5.41, 5.74) is 10.3. The molecule has 342 valence electrons. The first kappa shape index (κ1) is 45.7. The van der Waals surface area contributed by atoms with E-state index >= 15 is 0 Å². The van der Waals surface area contributed by atoms with Gasteiger partial charge in [0.15, 0.2) is 35.5 Å². The Morgan fingerprint density at radius 2 is 1.79 bits per heavy atom. The van der Waals surface area contributed by atoms with Crippen LogP contribution in [0.1, 0.15) is 80.3 Å². The van der Waals surface area contributed by atoms with Crippen molar-refractivity contribution in [3.63, 3.8) is 0 Å². The van der Waals surface area contributed by atoms with E-state index in [2.05, 4.69) is 25.1 Å². The van der Waals surface area contributed by atoms with Crippen LogP contribution in [-0.2, 0) is 49.5 Å². The third kappa shape index (κ3) is 8.53. The molecule has 0 aliphatic carbocycles. The number of Topliss-reactive ketones (excluding diaryl/α,β-unsaturated/α-hetero) is 1. The maximum absolute atomic E-state index is 14.9. The summed E-state index contributed by atoms with van der Waals surface area (Å²) in [7, 11) is 3.80. The van der Waals surface area contributed by atoms with Gasteiger partial charge in [0.1, 0.15) is 18.0 Å². The number of aliphatic hydroxyl groups is 1. The maximum atomic E-state index is 14.9. The molecule has 3 unspecified atom stereocenters. The van der Waals surface area contributed by atoms with Gasteiger partial charge in [0.2, 0.25) is 5.95 Å². The van der Waals surface area contributed by atoms with Gasteiger partial charge in [-0.15, -0.1) is 0 Å². The molecule has 5 N–H and O–H groups in total. The number of aliphatic hydroxyl groups excluding tert-OH is 1. The number of amides is 1. The van der Waals surface area contributed by atoms with E-state index in [4.69, 9.17) is 44.7 Å². The van der Waals surface area contributed by atoms with Crippen LogP contribution in [0.15, 0.2) is 11.4 Å². The summed E-state index contributed by atoms with van der Waals surface area (Å²) >= 11 is 0. The summed E-state index contributed by atoms with van der Waals surface area (Å²) in [4.78, 5) is 69.9. The van der Waals surface area contributed by atoms with Crippen molar-refractivity contribution in [1.82, 2.24) is 29.7 Å². The summed E-state index contributed by atoms with van der Waals surface area (Å²) in [6.07, 6.45) is -3.22. The van der Waals surface area contributed by atoms with E-state index in [1.807, 2.05) is 53.6 Å². The molecule has 0 radical (unpaired) electrons. The van der Waals surface area contributed by atoms with Gasteiger partial charge in [0.25, 0.3) is 0 Å². The molecule has 1 amide bonds. The van der Waals surface area contributed by atoms with Crippen molar-refractivity contribution < 1.29 is 52.7 Å². The number of aromatic nitrogens is 4. The number of hydrogen-bond acceptors (Lipinski definition) is 19. The summed E-state index contributed by atoms with van der Waals surface area (Å²) in [5, 5.41) is 16.4. The van der Waals surface area contributed by atoms with Crippen LogP contribution in [-0.4, -0.2) is 152 Å². The molecule has 20 nitrogen and oxygen atoms in total. The molecule has 15 atom stereocenters. The SMILES string of the molecule is CC[C@H]1OC(=O)[C@H](C)[C@H]2OCC3COC(C)(C[C@@H](C)C(=O)[C@H](C)[C@@H]4N(C/C3=N/OCc3cnc5nc(N)nc(N)c5n3)C(=O)OC41C)[C@H](O[C@@H]1O[C@H](C)C[C@H](N(C)C)[C@H]1O)[C@H]2C. The molecule has 0 saturated carbocycles. The highest BCUT2D eigenvalue weighted by Crippen LogP contribution is 2.45. The number of rotatable bonds is 7. The van der Waals surface area contributed by atoms with Gasteiger partial charge in [-0.1, -0.05) is 32.9 Å². The van der Waals surface area contributed by atoms with Gasteiger partial charge < -0.3 is 54.7 Å². The van der Waals surface area contributed by atoms with Crippen molar-refractivity contribution in [2.45, 2.75) is 141 Å². The number of nitrogen functional groups attached to an aromatic ring is 2. The molecular weight excluding hydrogens is 807 g/mol. The highest BCUT2D eigenvalue weighted by molar-refractivity contribution is 5.92.